The van der Waals surface area contributed by atoms with Gasteiger partial charge in [-0.05, 0) is 30.5 Å². The van der Waals surface area contributed by atoms with Crippen LogP contribution in [0.25, 0.3) is 0 Å². The Labute approximate surface area is 170 Å². The molecule has 144 valence electrons. The van der Waals surface area contributed by atoms with Gasteiger partial charge in [-0.15, -0.1) is 0 Å². The maximum Gasteiger partial charge on any atom is 0.170 e. The number of fused-ring (bicyclic) bond motifs is 3. The molecule has 0 aliphatic carbocycles. The third kappa shape index (κ3) is 3.20. The molecule has 2 aromatic rings. The minimum Gasteiger partial charge on any atom is -0.369 e. The van der Waals surface area contributed by atoms with Crippen LogP contribution in [0.2, 0.25) is 0 Å². The van der Waals surface area contributed by atoms with Gasteiger partial charge in [-0.3, -0.25) is 14.8 Å². The van der Waals surface area contributed by atoms with E-state index in [9.17, 15) is 0 Å². The van der Waals surface area contributed by atoms with E-state index >= 15 is 0 Å². The van der Waals surface area contributed by atoms with Crippen molar-refractivity contribution in [2.45, 2.75) is 6.04 Å². The Morgan fingerprint density at radius 2 is 1.71 bits per heavy atom. The predicted molar refractivity (Wildman–Crippen MR) is 119 cm³/mol. The van der Waals surface area contributed by atoms with Crippen molar-refractivity contribution in [2.24, 2.45) is 9.98 Å². The van der Waals surface area contributed by atoms with Crippen LogP contribution in [0.15, 0.2) is 64.6 Å². The molecule has 0 bridgehead atoms. The molecule has 0 aromatic heterocycles. The van der Waals surface area contributed by atoms with Crippen LogP contribution in [-0.4, -0.2) is 72.4 Å². The number of hydrogen-bond donors (Lipinski definition) is 0. The third-order valence-corrected chi connectivity index (χ3v) is 6.41. The summed E-state index contributed by atoms with van der Waals surface area (Å²) >= 11 is 1.72. The highest BCUT2D eigenvalue weighted by Gasteiger charge is 2.37. The van der Waals surface area contributed by atoms with Crippen molar-refractivity contribution < 1.29 is 0 Å². The van der Waals surface area contributed by atoms with Crippen molar-refractivity contribution in [1.82, 2.24) is 9.80 Å². The van der Waals surface area contributed by atoms with Gasteiger partial charge in [0.2, 0.25) is 0 Å². The molecule has 3 heterocycles. The van der Waals surface area contributed by atoms with Gasteiger partial charge in [0.1, 0.15) is 5.84 Å². The van der Waals surface area contributed by atoms with Crippen molar-refractivity contribution in [3.63, 3.8) is 0 Å². The molecule has 0 saturated carbocycles. The van der Waals surface area contributed by atoms with Crippen LogP contribution in [-0.2, 0) is 0 Å². The van der Waals surface area contributed by atoms with Gasteiger partial charge in [0.25, 0.3) is 0 Å². The minimum absolute atomic E-state index is 0.373. The number of thioether (sulfide) groups is 1. The first-order valence-electron chi connectivity index (χ1n) is 9.91. The molecule has 5 nitrogen and oxygen atoms in total. The molecule has 1 atom stereocenters. The summed E-state index contributed by atoms with van der Waals surface area (Å²) in [5.41, 5.74) is 3.54. The normalized spacial score (nSPS) is 21.8. The summed E-state index contributed by atoms with van der Waals surface area (Å²) in [6.07, 6.45) is 2.11. The number of nitrogens with zero attached hydrogens (tertiary/aromatic N) is 5. The Morgan fingerprint density at radius 3 is 2.50 bits per heavy atom. The van der Waals surface area contributed by atoms with Crippen LogP contribution in [0.4, 0.5) is 11.4 Å². The SMILES string of the molecule is CSC1=Nc2ccccc2C2=NCC(CN3CCN(c4ccccc4)CC3)N12. The summed E-state index contributed by atoms with van der Waals surface area (Å²) in [4.78, 5) is 17.3. The molecule has 3 aliphatic heterocycles. The smallest absolute Gasteiger partial charge is 0.170 e. The zero-order valence-corrected chi connectivity index (χ0v) is 17.0. The van der Waals surface area contributed by atoms with Crippen molar-refractivity contribution in [1.29, 1.82) is 0 Å². The van der Waals surface area contributed by atoms with E-state index < -0.39 is 0 Å². The predicted octanol–water partition coefficient (Wildman–Crippen LogP) is 3.30. The van der Waals surface area contributed by atoms with Gasteiger partial charge in [0.15, 0.2) is 5.17 Å². The van der Waals surface area contributed by atoms with Gasteiger partial charge in [0, 0.05) is 44.0 Å². The molecule has 1 unspecified atom stereocenters. The number of amidine groups is 2. The average molecular weight is 392 g/mol. The molecule has 0 N–H and O–H groups in total. The fourth-order valence-electron chi connectivity index (χ4n) is 4.31. The second-order valence-corrected chi connectivity index (χ2v) is 8.20. The molecule has 0 amide bonds. The molecule has 3 aliphatic rings. The fourth-order valence-corrected chi connectivity index (χ4v) is 4.93. The number of hydrogen-bond acceptors (Lipinski definition) is 6. The van der Waals surface area contributed by atoms with E-state index in [4.69, 9.17) is 9.98 Å². The summed E-state index contributed by atoms with van der Waals surface area (Å²) in [5, 5.41) is 1.07. The van der Waals surface area contributed by atoms with E-state index in [0.29, 0.717) is 6.04 Å². The van der Waals surface area contributed by atoms with E-state index in [1.165, 1.54) is 5.69 Å². The van der Waals surface area contributed by atoms with E-state index in [0.717, 1.165) is 61.5 Å². The monoisotopic (exact) mass is 391 g/mol. The maximum absolute atomic E-state index is 4.92. The standard InChI is InChI=1S/C22H25N5S/c1-28-22-24-20-10-6-5-9-19(20)21-23-15-18(27(21)22)16-25-11-13-26(14-12-25)17-7-3-2-4-8-17/h2-10,18H,11-16H2,1H3. The van der Waals surface area contributed by atoms with Crippen LogP contribution in [0.1, 0.15) is 5.56 Å². The van der Waals surface area contributed by atoms with E-state index in [1.807, 2.05) is 0 Å². The molecular weight excluding hydrogens is 366 g/mol. The second kappa shape index (κ2) is 7.60. The minimum atomic E-state index is 0.373. The molecule has 2 aromatic carbocycles. The molecule has 6 heteroatoms. The van der Waals surface area contributed by atoms with Gasteiger partial charge >= 0.3 is 0 Å². The highest BCUT2D eigenvalue weighted by Crippen LogP contribution is 2.33. The second-order valence-electron chi connectivity index (χ2n) is 7.43. The van der Waals surface area contributed by atoms with Crippen molar-refractivity contribution in [3.05, 3.63) is 60.2 Å². The Morgan fingerprint density at radius 1 is 0.964 bits per heavy atom. The van der Waals surface area contributed by atoms with Gasteiger partial charge in [-0.1, -0.05) is 42.1 Å². The summed E-state index contributed by atoms with van der Waals surface area (Å²) in [6, 6.07) is 19.5. The number of benzene rings is 2. The molecule has 1 saturated heterocycles. The Bertz CT molecular complexity index is 902. The molecule has 0 spiro atoms. The zero-order valence-electron chi connectivity index (χ0n) is 16.2. The summed E-state index contributed by atoms with van der Waals surface area (Å²) < 4.78 is 0. The lowest BCUT2D eigenvalue weighted by Crippen LogP contribution is -2.53. The summed E-state index contributed by atoms with van der Waals surface area (Å²) in [6.45, 7) is 6.24. The molecule has 5 rings (SSSR count). The highest BCUT2D eigenvalue weighted by molar-refractivity contribution is 8.13. The lowest BCUT2D eigenvalue weighted by molar-refractivity contribution is 0.221. The third-order valence-electron chi connectivity index (χ3n) is 5.76. The number of piperazine rings is 1. The van der Waals surface area contributed by atoms with Crippen molar-refractivity contribution in [2.75, 3.05) is 50.4 Å². The zero-order chi connectivity index (χ0) is 18.9. The Kier molecular flexibility index (Phi) is 4.82. The van der Waals surface area contributed by atoms with Gasteiger partial charge < -0.3 is 4.90 Å². The van der Waals surface area contributed by atoms with Crippen LogP contribution >= 0.6 is 11.8 Å². The highest BCUT2D eigenvalue weighted by atomic mass is 32.2. The number of aliphatic imine (C=N–C) groups is 2. The first-order valence-corrected chi connectivity index (χ1v) is 11.1. The lowest BCUT2D eigenvalue weighted by atomic mass is 10.1. The van der Waals surface area contributed by atoms with Crippen LogP contribution in [0.5, 0.6) is 0 Å². The number of para-hydroxylation sites is 2. The molecular formula is C22H25N5S. The molecule has 1 fully saturated rings. The topological polar surface area (TPSA) is 34.4 Å². The quantitative estimate of drug-likeness (QED) is 0.804. The maximum atomic E-state index is 4.92. The average Bonchev–Trinajstić information content (AvgIpc) is 3.18. The Balaban J connectivity index is 1.27. The largest absolute Gasteiger partial charge is 0.369 e. The van der Waals surface area contributed by atoms with Gasteiger partial charge in [-0.2, -0.15) is 0 Å². The number of rotatable bonds is 3. The first kappa shape index (κ1) is 17.8. The van der Waals surface area contributed by atoms with Crippen LogP contribution in [0, 0.1) is 0 Å². The van der Waals surface area contributed by atoms with Gasteiger partial charge in [0.05, 0.1) is 18.3 Å². The lowest BCUT2D eigenvalue weighted by Gasteiger charge is -2.39. The summed E-state index contributed by atoms with van der Waals surface area (Å²) in [5.74, 6) is 1.10. The van der Waals surface area contributed by atoms with E-state index in [2.05, 4.69) is 75.6 Å². The van der Waals surface area contributed by atoms with Crippen LogP contribution in [0.3, 0.4) is 0 Å². The summed E-state index contributed by atoms with van der Waals surface area (Å²) in [7, 11) is 0. The first-order chi connectivity index (χ1) is 13.8. The number of anilines is 1. The van der Waals surface area contributed by atoms with Crippen molar-refractivity contribution in [3.8, 4) is 0 Å². The Hall–Kier alpha value is -2.31. The fraction of sp³-hybridized carbons (Fsp3) is 0.364. The molecule has 0 radical (unpaired) electrons. The van der Waals surface area contributed by atoms with E-state index in [-0.39, 0.29) is 0 Å². The molecule has 28 heavy (non-hydrogen) atoms. The van der Waals surface area contributed by atoms with Gasteiger partial charge in [-0.25, -0.2) is 4.99 Å². The van der Waals surface area contributed by atoms with Crippen molar-refractivity contribution >= 4 is 34.1 Å². The van der Waals surface area contributed by atoms with E-state index in [1.54, 1.807) is 11.8 Å². The van der Waals surface area contributed by atoms with Crippen LogP contribution < -0.4 is 4.90 Å².